The molecule has 2 heterocycles. The molecule has 0 aliphatic carbocycles. The number of likely N-dealkylation sites (tertiary alicyclic amines) is 1. The number of hydrogen-bond acceptors (Lipinski definition) is 4. The summed E-state index contributed by atoms with van der Waals surface area (Å²) in [5.41, 5.74) is 0. The maximum Gasteiger partial charge on any atom is 0.0624 e. The maximum absolute atomic E-state index is 9.98. The molecule has 0 spiro atoms. The predicted octanol–water partition coefficient (Wildman–Crippen LogP) is 0.410. The van der Waals surface area contributed by atoms with Gasteiger partial charge in [0.1, 0.15) is 0 Å². The van der Waals surface area contributed by atoms with Crippen LogP contribution in [-0.2, 0) is 4.74 Å². The van der Waals surface area contributed by atoms with Gasteiger partial charge in [-0.05, 0) is 39.9 Å². The van der Waals surface area contributed by atoms with Gasteiger partial charge in [0.25, 0.3) is 0 Å². The molecule has 2 aliphatic heterocycles. The molecule has 4 nitrogen and oxygen atoms in total. The smallest absolute Gasteiger partial charge is 0.0624 e. The van der Waals surface area contributed by atoms with Gasteiger partial charge in [0.05, 0.1) is 12.7 Å². The Morgan fingerprint density at radius 3 is 2.88 bits per heavy atom. The first-order chi connectivity index (χ1) is 8.16. The van der Waals surface area contributed by atoms with Crippen LogP contribution in [-0.4, -0.2) is 74.0 Å². The standard InChI is InChI=1S/C13H26N2O2/c1-14(2)9-12-4-3-6-15(12)8-11-10-17-7-5-13(11)16/h11-13,16H,3-10H2,1-2H3. The highest BCUT2D eigenvalue weighted by atomic mass is 16.5. The molecule has 0 bridgehead atoms. The van der Waals surface area contributed by atoms with Crippen molar-refractivity contribution in [1.29, 1.82) is 0 Å². The Bertz CT molecular complexity index is 235. The molecule has 4 heteroatoms. The number of likely N-dealkylation sites (N-methyl/N-ethyl adjacent to an activating group) is 1. The van der Waals surface area contributed by atoms with E-state index in [1.807, 2.05) is 0 Å². The van der Waals surface area contributed by atoms with E-state index in [-0.39, 0.29) is 6.10 Å². The van der Waals surface area contributed by atoms with Crippen LogP contribution in [0.5, 0.6) is 0 Å². The second-order valence-corrected chi connectivity index (χ2v) is 5.74. The fourth-order valence-corrected chi connectivity index (χ4v) is 3.02. The minimum absolute atomic E-state index is 0.163. The molecule has 0 saturated carbocycles. The Kier molecular flexibility index (Phi) is 4.79. The molecular weight excluding hydrogens is 216 g/mol. The van der Waals surface area contributed by atoms with Crippen LogP contribution in [0.15, 0.2) is 0 Å². The molecule has 3 unspecified atom stereocenters. The van der Waals surface area contributed by atoms with E-state index in [0.29, 0.717) is 12.0 Å². The van der Waals surface area contributed by atoms with Gasteiger partial charge < -0.3 is 14.7 Å². The van der Waals surface area contributed by atoms with E-state index in [1.54, 1.807) is 0 Å². The van der Waals surface area contributed by atoms with Gasteiger partial charge in [-0.25, -0.2) is 0 Å². The van der Waals surface area contributed by atoms with Crippen molar-refractivity contribution in [3.8, 4) is 0 Å². The lowest BCUT2D eigenvalue weighted by molar-refractivity contribution is -0.0482. The lowest BCUT2D eigenvalue weighted by Crippen LogP contribution is -2.45. The molecule has 1 N–H and O–H groups in total. The lowest BCUT2D eigenvalue weighted by Gasteiger charge is -2.34. The SMILES string of the molecule is CN(C)CC1CCCN1CC1COCCC1O. The van der Waals surface area contributed by atoms with Gasteiger partial charge in [-0.15, -0.1) is 0 Å². The highest BCUT2D eigenvalue weighted by Gasteiger charge is 2.31. The third-order valence-electron chi connectivity index (χ3n) is 3.98. The maximum atomic E-state index is 9.98. The van der Waals surface area contributed by atoms with Crippen LogP contribution < -0.4 is 0 Å². The van der Waals surface area contributed by atoms with Crippen LogP contribution in [0.4, 0.5) is 0 Å². The molecule has 2 rings (SSSR count). The van der Waals surface area contributed by atoms with Crippen LogP contribution in [0.3, 0.4) is 0 Å². The number of hydrogen-bond donors (Lipinski definition) is 1. The highest BCUT2D eigenvalue weighted by Crippen LogP contribution is 2.23. The zero-order valence-electron chi connectivity index (χ0n) is 11.1. The van der Waals surface area contributed by atoms with Gasteiger partial charge >= 0.3 is 0 Å². The van der Waals surface area contributed by atoms with Gasteiger partial charge in [0, 0.05) is 31.7 Å². The summed E-state index contributed by atoms with van der Waals surface area (Å²) < 4.78 is 5.48. The van der Waals surface area contributed by atoms with Crippen LogP contribution in [0.1, 0.15) is 19.3 Å². The van der Waals surface area contributed by atoms with E-state index in [1.165, 1.54) is 19.4 Å². The van der Waals surface area contributed by atoms with Gasteiger partial charge in [-0.2, -0.15) is 0 Å². The number of nitrogens with zero attached hydrogens (tertiary/aromatic N) is 2. The Labute approximate surface area is 105 Å². The summed E-state index contributed by atoms with van der Waals surface area (Å²) in [7, 11) is 4.27. The van der Waals surface area contributed by atoms with Crippen molar-refractivity contribution >= 4 is 0 Å². The van der Waals surface area contributed by atoms with E-state index >= 15 is 0 Å². The average molecular weight is 242 g/mol. The van der Waals surface area contributed by atoms with Gasteiger partial charge in [0.2, 0.25) is 0 Å². The minimum atomic E-state index is -0.163. The Morgan fingerprint density at radius 2 is 2.18 bits per heavy atom. The molecular formula is C13H26N2O2. The van der Waals surface area contributed by atoms with Gasteiger partial charge in [-0.3, -0.25) is 4.90 Å². The van der Waals surface area contributed by atoms with Crippen LogP contribution >= 0.6 is 0 Å². The third kappa shape index (κ3) is 3.65. The lowest BCUT2D eigenvalue weighted by atomic mass is 9.98. The zero-order valence-corrected chi connectivity index (χ0v) is 11.1. The Hall–Kier alpha value is -0.160. The third-order valence-corrected chi connectivity index (χ3v) is 3.98. The van der Waals surface area contributed by atoms with E-state index in [9.17, 15) is 5.11 Å². The summed E-state index contributed by atoms with van der Waals surface area (Å²) in [6, 6.07) is 0.666. The average Bonchev–Trinajstić information content (AvgIpc) is 2.68. The van der Waals surface area contributed by atoms with E-state index in [4.69, 9.17) is 4.74 Å². The summed E-state index contributed by atoms with van der Waals surface area (Å²) in [5, 5.41) is 9.98. The van der Waals surface area contributed by atoms with Crippen molar-refractivity contribution in [2.75, 3.05) is 46.9 Å². The van der Waals surface area contributed by atoms with Crippen molar-refractivity contribution in [3.05, 3.63) is 0 Å². The van der Waals surface area contributed by atoms with Crippen molar-refractivity contribution in [3.63, 3.8) is 0 Å². The normalized spacial score (nSPS) is 35.6. The molecule has 3 atom stereocenters. The van der Waals surface area contributed by atoms with Crippen molar-refractivity contribution < 1.29 is 9.84 Å². The van der Waals surface area contributed by atoms with Crippen LogP contribution in [0.2, 0.25) is 0 Å². The minimum Gasteiger partial charge on any atom is -0.393 e. The van der Waals surface area contributed by atoms with Gasteiger partial charge in [0.15, 0.2) is 0 Å². The second kappa shape index (κ2) is 6.14. The number of aliphatic hydroxyl groups excluding tert-OH is 1. The van der Waals surface area contributed by atoms with Crippen LogP contribution in [0, 0.1) is 5.92 Å². The molecule has 0 amide bonds. The Morgan fingerprint density at radius 1 is 1.35 bits per heavy atom. The fourth-order valence-electron chi connectivity index (χ4n) is 3.02. The zero-order chi connectivity index (χ0) is 12.3. The molecule has 2 saturated heterocycles. The molecule has 0 radical (unpaired) electrons. The summed E-state index contributed by atoms with van der Waals surface area (Å²) in [6.07, 6.45) is 3.23. The predicted molar refractivity (Wildman–Crippen MR) is 68.1 cm³/mol. The largest absolute Gasteiger partial charge is 0.393 e. The second-order valence-electron chi connectivity index (χ2n) is 5.74. The van der Waals surface area contributed by atoms with Crippen molar-refractivity contribution in [1.82, 2.24) is 9.80 Å². The molecule has 17 heavy (non-hydrogen) atoms. The van der Waals surface area contributed by atoms with Gasteiger partial charge in [-0.1, -0.05) is 0 Å². The Balaban J connectivity index is 1.84. The number of rotatable bonds is 4. The molecule has 2 fully saturated rings. The monoisotopic (exact) mass is 242 g/mol. The highest BCUT2D eigenvalue weighted by molar-refractivity contribution is 4.85. The molecule has 0 aromatic heterocycles. The summed E-state index contributed by atoms with van der Waals surface area (Å²) >= 11 is 0. The topological polar surface area (TPSA) is 35.9 Å². The quantitative estimate of drug-likeness (QED) is 0.774. The molecule has 0 aromatic rings. The first-order valence-corrected chi connectivity index (χ1v) is 6.81. The first-order valence-electron chi connectivity index (χ1n) is 6.81. The molecule has 0 aromatic carbocycles. The molecule has 100 valence electrons. The fraction of sp³-hybridized carbons (Fsp3) is 1.00. The summed E-state index contributed by atoms with van der Waals surface area (Å²) in [4.78, 5) is 4.80. The van der Waals surface area contributed by atoms with E-state index in [0.717, 1.165) is 32.7 Å². The van der Waals surface area contributed by atoms with Crippen molar-refractivity contribution in [2.45, 2.75) is 31.4 Å². The van der Waals surface area contributed by atoms with E-state index in [2.05, 4.69) is 23.9 Å². The number of aliphatic hydroxyl groups is 1. The number of ether oxygens (including phenoxy) is 1. The van der Waals surface area contributed by atoms with Crippen LogP contribution in [0.25, 0.3) is 0 Å². The summed E-state index contributed by atoms with van der Waals surface area (Å²) in [6.45, 7) is 4.76. The summed E-state index contributed by atoms with van der Waals surface area (Å²) in [5.74, 6) is 0.312. The van der Waals surface area contributed by atoms with Crippen molar-refractivity contribution in [2.24, 2.45) is 5.92 Å². The first kappa shape index (κ1) is 13.3. The molecule has 2 aliphatic rings. The van der Waals surface area contributed by atoms with E-state index < -0.39 is 0 Å².